The molecule has 1 N–H and O–H groups in total. The fraction of sp³-hybridized carbons (Fsp3) is 0.167. The molecule has 2 aromatic carbocycles. The topological polar surface area (TPSA) is 68.0 Å². The summed E-state index contributed by atoms with van der Waals surface area (Å²) in [6.07, 6.45) is -4.13. The third-order valence-electron chi connectivity index (χ3n) is 3.63. The first-order chi connectivity index (χ1) is 12.8. The van der Waals surface area contributed by atoms with E-state index in [0.29, 0.717) is 11.7 Å². The average Bonchev–Trinajstić information content (AvgIpc) is 3.09. The molecule has 0 saturated carbocycles. The number of alkyl halides is 3. The summed E-state index contributed by atoms with van der Waals surface area (Å²) in [4.78, 5) is 16.2. The van der Waals surface area contributed by atoms with Gasteiger partial charge in [0.25, 0.3) is 0 Å². The molecular weight excluding hydrogens is 427 g/mol. The van der Waals surface area contributed by atoms with Crippen LogP contribution in [0.1, 0.15) is 17.9 Å². The first-order valence-electron chi connectivity index (χ1n) is 7.87. The van der Waals surface area contributed by atoms with Gasteiger partial charge in [-0.2, -0.15) is 18.2 Å². The average molecular weight is 440 g/mol. The number of benzene rings is 2. The lowest BCUT2D eigenvalue weighted by Crippen LogP contribution is -2.13. The first-order valence-corrected chi connectivity index (χ1v) is 8.66. The van der Waals surface area contributed by atoms with E-state index in [2.05, 4.69) is 31.4 Å². The van der Waals surface area contributed by atoms with Crippen molar-refractivity contribution in [3.05, 3.63) is 64.5 Å². The van der Waals surface area contributed by atoms with Crippen molar-refractivity contribution in [3.8, 4) is 11.4 Å². The van der Waals surface area contributed by atoms with E-state index in [4.69, 9.17) is 4.52 Å². The maximum atomic E-state index is 12.5. The smallest absolute Gasteiger partial charge is 0.339 e. The monoisotopic (exact) mass is 439 g/mol. The number of aryl methyl sites for hydroxylation is 1. The molecule has 0 unspecified atom stereocenters. The molecule has 27 heavy (non-hydrogen) atoms. The number of carbonyl (C=O) groups is 1. The summed E-state index contributed by atoms with van der Waals surface area (Å²) in [6, 6.07) is 11.6. The van der Waals surface area contributed by atoms with E-state index in [-0.39, 0.29) is 24.4 Å². The normalized spacial score (nSPS) is 11.4. The van der Waals surface area contributed by atoms with Crippen LogP contribution in [0.4, 0.5) is 18.9 Å². The lowest BCUT2D eigenvalue weighted by Gasteiger charge is -2.08. The highest BCUT2D eigenvalue weighted by Gasteiger charge is 2.29. The van der Waals surface area contributed by atoms with Crippen LogP contribution in [0.5, 0.6) is 0 Å². The van der Waals surface area contributed by atoms with Gasteiger partial charge in [-0.05, 0) is 48.5 Å². The molecule has 3 aromatic rings. The predicted molar refractivity (Wildman–Crippen MR) is 95.8 cm³/mol. The van der Waals surface area contributed by atoms with Gasteiger partial charge in [0, 0.05) is 28.6 Å². The van der Waals surface area contributed by atoms with E-state index in [9.17, 15) is 18.0 Å². The van der Waals surface area contributed by atoms with Crippen molar-refractivity contribution in [2.75, 3.05) is 5.32 Å². The lowest BCUT2D eigenvalue weighted by atomic mass is 10.2. The molecule has 1 amide bonds. The summed E-state index contributed by atoms with van der Waals surface area (Å²) >= 11 is 3.34. The van der Waals surface area contributed by atoms with E-state index in [1.165, 1.54) is 12.1 Å². The van der Waals surface area contributed by atoms with Gasteiger partial charge < -0.3 is 9.84 Å². The van der Waals surface area contributed by atoms with Gasteiger partial charge in [0.2, 0.25) is 17.6 Å². The number of rotatable bonds is 5. The zero-order chi connectivity index (χ0) is 19.4. The number of amides is 1. The molecule has 0 fully saturated rings. The molecule has 9 heteroatoms. The minimum absolute atomic E-state index is 0.0585. The van der Waals surface area contributed by atoms with Crippen molar-refractivity contribution in [2.24, 2.45) is 0 Å². The van der Waals surface area contributed by atoms with Crippen LogP contribution in [0.25, 0.3) is 11.4 Å². The van der Waals surface area contributed by atoms with Gasteiger partial charge in [-0.3, -0.25) is 4.79 Å². The van der Waals surface area contributed by atoms with Crippen molar-refractivity contribution in [1.82, 2.24) is 10.1 Å². The fourth-order valence-electron chi connectivity index (χ4n) is 2.26. The Morgan fingerprint density at radius 1 is 1.07 bits per heavy atom. The van der Waals surface area contributed by atoms with Crippen LogP contribution in [-0.4, -0.2) is 16.0 Å². The van der Waals surface area contributed by atoms with E-state index >= 15 is 0 Å². The maximum absolute atomic E-state index is 12.5. The molecule has 3 rings (SSSR count). The second kappa shape index (κ2) is 7.91. The summed E-state index contributed by atoms with van der Waals surface area (Å²) < 4.78 is 43.6. The zero-order valence-corrected chi connectivity index (χ0v) is 15.3. The molecule has 0 aliphatic carbocycles. The highest BCUT2D eigenvalue weighted by atomic mass is 79.9. The molecule has 0 aliphatic heterocycles. The van der Waals surface area contributed by atoms with Crippen LogP contribution in [-0.2, 0) is 17.4 Å². The maximum Gasteiger partial charge on any atom is 0.416 e. The van der Waals surface area contributed by atoms with Crippen LogP contribution < -0.4 is 5.32 Å². The van der Waals surface area contributed by atoms with Crippen molar-refractivity contribution < 1.29 is 22.5 Å². The molecule has 1 aromatic heterocycles. The predicted octanol–water partition coefficient (Wildman–Crippen LogP) is 5.09. The number of hydrogen-bond acceptors (Lipinski definition) is 4. The molecule has 0 spiro atoms. The second-order valence-corrected chi connectivity index (χ2v) is 6.56. The van der Waals surface area contributed by atoms with Gasteiger partial charge in [0.05, 0.1) is 5.56 Å². The van der Waals surface area contributed by atoms with Gasteiger partial charge in [0.1, 0.15) is 0 Å². The Kier molecular flexibility index (Phi) is 5.59. The van der Waals surface area contributed by atoms with Crippen LogP contribution in [0.2, 0.25) is 0 Å². The van der Waals surface area contributed by atoms with Crippen molar-refractivity contribution in [1.29, 1.82) is 0 Å². The van der Waals surface area contributed by atoms with Crippen LogP contribution >= 0.6 is 15.9 Å². The lowest BCUT2D eigenvalue weighted by molar-refractivity contribution is -0.137. The second-order valence-electron chi connectivity index (χ2n) is 5.64. The third kappa shape index (κ3) is 5.16. The van der Waals surface area contributed by atoms with Crippen LogP contribution in [0, 0.1) is 0 Å². The minimum atomic E-state index is -4.41. The Morgan fingerprint density at radius 3 is 2.37 bits per heavy atom. The number of carbonyl (C=O) groups excluding carboxylic acids is 1. The number of halogens is 4. The highest BCUT2D eigenvalue weighted by molar-refractivity contribution is 9.10. The number of nitrogens with zero attached hydrogens (tertiary/aromatic N) is 2. The molecule has 140 valence electrons. The summed E-state index contributed by atoms with van der Waals surface area (Å²) in [5.74, 6) is 0.356. The van der Waals surface area contributed by atoms with E-state index in [1.54, 1.807) is 0 Å². The van der Waals surface area contributed by atoms with Crippen LogP contribution in [0.3, 0.4) is 0 Å². The Bertz CT molecular complexity index is 922. The highest BCUT2D eigenvalue weighted by Crippen LogP contribution is 2.29. The molecule has 5 nitrogen and oxygen atoms in total. The molecule has 0 atom stereocenters. The van der Waals surface area contributed by atoms with Crippen molar-refractivity contribution in [2.45, 2.75) is 19.0 Å². The molecular formula is C18H13BrF3N3O2. The third-order valence-corrected chi connectivity index (χ3v) is 4.16. The number of anilines is 1. The molecule has 0 aliphatic rings. The van der Waals surface area contributed by atoms with Crippen molar-refractivity contribution in [3.63, 3.8) is 0 Å². The van der Waals surface area contributed by atoms with Gasteiger partial charge in [-0.1, -0.05) is 21.1 Å². The Hall–Kier alpha value is -2.68. The summed E-state index contributed by atoms with van der Waals surface area (Å²) in [5, 5.41) is 6.41. The number of hydrogen-bond donors (Lipinski definition) is 1. The molecule has 1 heterocycles. The molecule has 0 radical (unpaired) electrons. The zero-order valence-electron chi connectivity index (χ0n) is 13.8. The van der Waals surface area contributed by atoms with Gasteiger partial charge in [-0.15, -0.1) is 0 Å². The Morgan fingerprint density at radius 2 is 1.74 bits per heavy atom. The number of aromatic nitrogens is 2. The quantitative estimate of drug-likeness (QED) is 0.601. The van der Waals surface area contributed by atoms with Gasteiger partial charge in [0.15, 0.2) is 0 Å². The first kappa shape index (κ1) is 19.1. The largest absolute Gasteiger partial charge is 0.416 e. The Labute approximate surface area is 160 Å². The van der Waals surface area contributed by atoms with Crippen LogP contribution in [0.15, 0.2) is 57.5 Å². The SMILES string of the molecule is O=C(CCc1nc(-c2ccc(Br)cc2)no1)Nc1ccc(C(F)(F)F)cc1. The molecule has 0 saturated heterocycles. The summed E-state index contributed by atoms with van der Waals surface area (Å²) in [6.45, 7) is 0. The minimum Gasteiger partial charge on any atom is -0.339 e. The fourth-order valence-corrected chi connectivity index (χ4v) is 2.52. The standard InChI is InChI=1S/C18H13BrF3N3O2/c19-13-5-1-11(2-6-13)17-24-16(27-25-17)10-9-15(26)23-14-7-3-12(4-8-14)18(20,21)22/h1-8H,9-10H2,(H,23,26). The van der Waals surface area contributed by atoms with Gasteiger partial charge >= 0.3 is 6.18 Å². The Balaban J connectivity index is 1.54. The van der Waals surface area contributed by atoms with E-state index < -0.39 is 11.7 Å². The number of nitrogens with one attached hydrogen (secondary N) is 1. The van der Waals surface area contributed by atoms with E-state index in [0.717, 1.165) is 22.2 Å². The summed E-state index contributed by atoms with van der Waals surface area (Å²) in [7, 11) is 0. The van der Waals surface area contributed by atoms with E-state index in [1.807, 2.05) is 24.3 Å². The van der Waals surface area contributed by atoms with Crippen molar-refractivity contribution >= 4 is 27.5 Å². The van der Waals surface area contributed by atoms with Gasteiger partial charge in [-0.25, -0.2) is 0 Å². The molecule has 0 bridgehead atoms. The summed E-state index contributed by atoms with van der Waals surface area (Å²) in [5.41, 5.74) is 0.295.